The van der Waals surface area contributed by atoms with E-state index in [1.165, 1.54) is 22.7 Å². The van der Waals surface area contributed by atoms with Gasteiger partial charge in [0.1, 0.15) is 11.5 Å². The van der Waals surface area contributed by atoms with Crippen molar-refractivity contribution in [3.05, 3.63) is 58.0 Å². The summed E-state index contributed by atoms with van der Waals surface area (Å²) in [6, 6.07) is 10.2. The lowest BCUT2D eigenvalue weighted by Crippen LogP contribution is -2.23. The first kappa shape index (κ1) is 20.5. The smallest absolute Gasteiger partial charge is 0.336 e. The summed E-state index contributed by atoms with van der Waals surface area (Å²) in [6.07, 6.45) is 1.73. The van der Waals surface area contributed by atoms with Crippen molar-refractivity contribution in [3.63, 3.8) is 0 Å². The summed E-state index contributed by atoms with van der Waals surface area (Å²) in [5.74, 6) is 0.0469. The van der Waals surface area contributed by atoms with E-state index in [0.29, 0.717) is 38.4 Å². The van der Waals surface area contributed by atoms with Crippen LogP contribution in [0.5, 0.6) is 11.5 Å². The second kappa shape index (κ2) is 8.40. The fourth-order valence-corrected chi connectivity index (χ4v) is 3.80. The van der Waals surface area contributed by atoms with E-state index >= 15 is 0 Å². The number of methoxy groups -OCH3 is 2. The number of hydrogen-bond acceptors (Lipinski definition) is 6. The van der Waals surface area contributed by atoms with Crippen LogP contribution < -0.4 is 9.47 Å². The van der Waals surface area contributed by atoms with E-state index < -0.39 is 5.97 Å². The van der Waals surface area contributed by atoms with Gasteiger partial charge < -0.3 is 14.6 Å². The number of carboxylic acid groups (broad SMARTS) is 1. The molecule has 0 aliphatic carbocycles. The molecule has 0 saturated carbocycles. The third-order valence-electron chi connectivity index (χ3n) is 4.48. The number of amidine groups is 1. The number of aromatic carboxylic acids is 1. The van der Waals surface area contributed by atoms with E-state index in [4.69, 9.17) is 9.47 Å². The Morgan fingerprint density at radius 2 is 1.97 bits per heavy atom. The summed E-state index contributed by atoms with van der Waals surface area (Å²) in [4.78, 5) is 30.5. The molecular weight excluding hydrogens is 392 g/mol. The predicted octanol–water partition coefficient (Wildman–Crippen LogP) is 3.94. The number of aliphatic imine (C=N–C) groups is 1. The molecule has 1 fully saturated rings. The van der Waals surface area contributed by atoms with Crippen LogP contribution in [0.4, 0.5) is 5.69 Å². The molecule has 29 heavy (non-hydrogen) atoms. The van der Waals surface area contributed by atoms with Crippen molar-refractivity contribution in [1.29, 1.82) is 0 Å². The number of carbonyl (C=O) groups excluding carboxylic acids is 1. The van der Waals surface area contributed by atoms with Gasteiger partial charge in [0.25, 0.3) is 5.91 Å². The molecule has 2 aromatic carbocycles. The molecule has 0 radical (unpaired) electrons. The SMILES string of the molecule is COc1ccc(OC)c(/C=C2\SC(=Nc3cccc(C(=O)O)c3C)N(C)C2=O)c1. The van der Waals surface area contributed by atoms with E-state index in [0.717, 1.165) is 0 Å². The van der Waals surface area contributed by atoms with Crippen LogP contribution >= 0.6 is 11.8 Å². The van der Waals surface area contributed by atoms with Gasteiger partial charge in [0.15, 0.2) is 5.17 Å². The van der Waals surface area contributed by atoms with Gasteiger partial charge in [0.2, 0.25) is 0 Å². The van der Waals surface area contributed by atoms with E-state index in [2.05, 4.69) is 4.99 Å². The topological polar surface area (TPSA) is 88.4 Å². The molecule has 3 rings (SSSR count). The molecule has 1 aliphatic rings. The van der Waals surface area contributed by atoms with Crippen LogP contribution in [0.1, 0.15) is 21.5 Å². The highest BCUT2D eigenvalue weighted by molar-refractivity contribution is 8.18. The largest absolute Gasteiger partial charge is 0.497 e. The molecule has 0 bridgehead atoms. The highest BCUT2D eigenvalue weighted by Crippen LogP contribution is 2.36. The molecule has 8 heteroatoms. The minimum absolute atomic E-state index is 0.181. The summed E-state index contributed by atoms with van der Waals surface area (Å²) in [7, 11) is 4.76. The number of carbonyl (C=O) groups is 2. The fourth-order valence-electron chi connectivity index (χ4n) is 2.82. The zero-order valence-corrected chi connectivity index (χ0v) is 17.2. The molecule has 0 unspecified atom stereocenters. The minimum atomic E-state index is -1.02. The molecule has 1 saturated heterocycles. The number of benzene rings is 2. The quantitative estimate of drug-likeness (QED) is 0.749. The van der Waals surface area contributed by atoms with Crippen molar-refractivity contribution < 1.29 is 24.2 Å². The van der Waals surface area contributed by atoms with Crippen LogP contribution in [0.15, 0.2) is 46.3 Å². The summed E-state index contributed by atoms with van der Waals surface area (Å²) in [5, 5.41) is 9.76. The van der Waals surface area contributed by atoms with Crippen molar-refractivity contribution in [1.82, 2.24) is 4.90 Å². The first-order valence-corrected chi connectivity index (χ1v) is 9.48. The van der Waals surface area contributed by atoms with Crippen LogP contribution in [0, 0.1) is 6.92 Å². The monoisotopic (exact) mass is 412 g/mol. The Morgan fingerprint density at radius 1 is 1.21 bits per heavy atom. The fraction of sp³-hybridized carbons (Fsp3) is 0.190. The average Bonchev–Trinajstić information content (AvgIpc) is 2.97. The molecule has 0 aromatic heterocycles. The van der Waals surface area contributed by atoms with Crippen molar-refractivity contribution in [2.75, 3.05) is 21.3 Å². The van der Waals surface area contributed by atoms with Crippen LogP contribution in [0.25, 0.3) is 6.08 Å². The Morgan fingerprint density at radius 3 is 2.62 bits per heavy atom. The van der Waals surface area contributed by atoms with E-state index in [9.17, 15) is 14.7 Å². The molecule has 150 valence electrons. The van der Waals surface area contributed by atoms with Gasteiger partial charge in [-0.25, -0.2) is 9.79 Å². The van der Waals surface area contributed by atoms with Gasteiger partial charge in [-0.15, -0.1) is 0 Å². The lowest BCUT2D eigenvalue weighted by atomic mass is 10.1. The summed E-state index contributed by atoms with van der Waals surface area (Å²) < 4.78 is 10.6. The molecule has 0 spiro atoms. The summed E-state index contributed by atoms with van der Waals surface area (Å²) in [5.41, 5.74) is 1.94. The number of carboxylic acids is 1. The van der Waals surface area contributed by atoms with Gasteiger partial charge in [-0.05, 0) is 60.7 Å². The molecule has 1 N–H and O–H groups in total. The number of hydrogen-bond donors (Lipinski definition) is 1. The van der Waals surface area contributed by atoms with Gasteiger partial charge in [-0.2, -0.15) is 0 Å². The molecular formula is C21H20N2O5S. The zero-order valence-electron chi connectivity index (χ0n) is 16.4. The maximum atomic E-state index is 12.7. The van der Waals surface area contributed by atoms with Crippen LogP contribution in [0.3, 0.4) is 0 Å². The molecule has 1 heterocycles. The lowest BCUT2D eigenvalue weighted by molar-refractivity contribution is -0.121. The van der Waals surface area contributed by atoms with Crippen LogP contribution in [-0.2, 0) is 4.79 Å². The van der Waals surface area contributed by atoms with Crippen molar-refractivity contribution >= 4 is 40.6 Å². The number of likely N-dealkylation sites (N-methyl/N-ethyl adjacent to an activating group) is 1. The van der Waals surface area contributed by atoms with E-state index in [-0.39, 0.29) is 11.5 Å². The number of thioether (sulfide) groups is 1. The Balaban J connectivity index is 1.99. The van der Waals surface area contributed by atoms with E-state index in [1.807, 2.05) is 0 Å². The van der Waals surface area contributed by atoms with Gasteiger partial charge in [0, 0.05) is 12.6 Å². The second-order valence-corrected chi connectivity index (χ2v) is 7.24. The minimum Gasteiger partial charge on any atom is -0.497 e. The number of ether oxygens (including phenoxy) is 2. The number of amides is 1. The van der Waals surface area contributed by atoms with Crippen LogP contribution in [0.2, 0.25) is 0 Å². The van der Waals surface area contributed by atoms with Gasteiger partial charge >= 0.3 is 5.97 Å². The number of nitrogens with zero attached hydrogens (tertiary/aromatic N) is 2. The van der Waals surface area contributed by atoms with Gasteiger partial charge in [-0.3, -0.25) is 9.69 Å². The highest BCUT2D eigenvalue weighted by atomic mass is 32.2. The first-order chi connectivity index (χ1) is 13.8. The first-order valence-electron chi connectivity index (χ1n) is 8.67. The van der Waals surface area contributed by atoms with Crippen LogP contribution in [-0.4, -0.2) is 48.3 Å². The number of rotatable bonds is 5. The van der Waals surface area contributed by atoms with E-state index in [1.54, 1.807) is 64.6 Å². The lowest BCUT2D eigenvalue weighted by Gasteiger charge is -2.09. The van der Waals surface area contributed by atoms with Crippen molar-refractivity contribution in [2.24, 2.45) is 4.99 Å². The maximum Gasteiger partial charge on any atom is 0.336 e. The Bertz CT molecular complexity index is 1050. The normalized spacial score (nSPS) is 16.6. The summed E-state index contributed by atoms with van der Waals surface area (Å²) >= 11 is 1.22. The Labute approximate surface area is 172 Å². The molecule has 2 aromatic rings. The molecule has 1 aliphatic heterocycles. The van der Waals surface area contributed by atoms with Crippen molar-refractivity contribution in [2.45, 2.75) is 6.92 Å². The molecule has 0 atom stereocenters. The predicted molar refractivity (Wildman–Crippen MR) is 113 cm³/mol. The third kappa shape index (κ3) is 4.12. The Hall–Kier alpha value is -3.26. The second-order valence-electron chi connectivity index (χ2n) is 6.23. The van der Waals surface area contributed by atoms with Gasteiger partial charge in [0.05, 0.1) is 30.4 Å². The standard InChI is InChI=1S/C21H20N2O5S/c1-12-15(20(25)26)6-5-7-16(12)22-21-23(2)19(24)18(29-21)11-13-10-14(27-3)8-9-17(13)28-4/h5-11H,1-4H3,(H,25,26)/b18-11-,22-21?. The zero-order chi connectivity index (χ0) is 21.1. The Kier molecular flexibility index (Phi) is 5.93. The maximum absolute atomic E-state index is 12.7. The third-order valence-corrected chi connectivity index (χ3v) is 5.54. The van der Waals surface area contributed by atoms with Crippen molar-refractivity contribution in [3.8, 4) is 11.5 Å². The van der Waals surface area contributed by atoms with Gasteiger partial charge in [-0.1, -0.05) is 6.07 Å². The molecule has 7 nitrogen and oxygen atoms in total. The molecule has 1 amide bonds. The summed E-state index contributed by atoms with van der Waals surface area (Å²) in [6.45, 7) is 1.70. The highest BCUT2D eigenvalue weighted by Gasteiger charge is 2.31. The average molecular weight is 412 g/mol.